The van der Waals surface area contributed by atoms with Gasteiger partial charge in [0, 0.05) is 64.5 Å². The van der Waals surface area contributed by atoms with Crippen LogP contribution in [0.25, 0.3) is 0 Å². The molecule has 7 nitrogen and oxygen atoms in total. The van der Waals surface area contributed by atoms with Crippen molar-refractivity contribution < 1.29 is 45.7 Å². The number of phenols is 1. The van der Waals surface area contributed by atoms with Crippen molar-refractivity contribution in [2.24, 2.45) is 0 Å². The SMILES string of the molecule is COCC1CN(CCN2CCN(C(=O)c3cc(C(F)(F)F)cc(C(F)(F)F)c3)C(Cc3ccc(C)c(O)c3)C2)CCO1. The summed E-state index contributed by atoms with van der Waals surface area (Å²) in [6.07, 6.45) is -9.89. The smallest absolute Gasteiger partial charge is 0.416 e. The first kappa shape index (κ1) is 32.1. The number of nitrogens with zero attached hydrogens (tertiary/aromatic N) is 3. The van der Waals surface area contributed by atoms with Crippen LogP contribution in [-0.2, 0) is 28.2 Å². The van der Waals surface area contributed by atoms with Gasteiger partial charge < -0.3 is 19.5 Å². The van der Waals surface area contributed by atoms with E-state index < -0.39 is 41.0 Å². The first-order valence-electron chi connectivity index (χ1n) is 13.7. The van der Waals surface area contributed by atoms with Crippen molar-refractivity contribution in [2.75, 3.05) is 66.1 Å². The fourth-order valence-electron chi connectivity index (χ4n) is 5.42. The Labute approximate surface area is 240 Å². The molecule has 1 N–H and O–H groups in total. The molecule has 232 valence electrons. The number of morpholine rings is 1. The lowest BCUT2D eigenvalue weighted by molar-refractivity contribution is -0.143. The lowest BCUT2D eigenvalue weighted by Gasteiger charge is -2.43. The molecule has 4 rings (SSSR count). The molecule has 0 bridgehead atoms. The number of amides is 1. The number of rotatable bonds is 8. The molecule has 0 saturated carbocycles. The number of carbonyl (C=O) groups is 1. The zero-order chi connectivity index (χ0) is 30.7. The summed E-state index contributed by atoms with van der Waals surface area (Å²) in [5.41, 5.74) is -2.38. The molecule has 2 aromatic carbocycles. The van der Waals surface area contributed by atoms with Gasteiger partial charge in [0.2, 0.25) is 0 Å². The average Bonchev–Trinajstić information content (AvgIpc) is 2.93. The van der Waals surface area contributed by atoms with E-state index in [1.54, 1.807) is 32.2 Å². The van der Waals surface area contributed by atoms with Gasteiger partial charge in [-0.15, -0.1) is 0 Å². The second-order valence-corrected chi connectivity index (χ2v) is 10.8. The Morgan fingerprint density at radius 3 is 2.19 bits per heavy atom. The van der Waals surface area contributed by atoms with Crippen LogP contribution in [0, 0.1) is 6.92 Å². The van der Waals surface area contributed by atoms with Crippen molar-refractivity contribution in [1.29, 1.82) is 0 Å². The van der Waals surface area contributed by atoms with Crippen LogP contribution in [0.5, 0.6) is 5.75 Å². The third-order valence-corrected chi connectivity index (χ3v) is 7.72. The number of piperazine rings is 1. The van der Waals surface area contributed by atoms with Crippen LogP contribution >= 0.6 is 0 Å². The number of benzene rings is 2. The molecule has 0 radical (unpaired) electrons. The highest BCUT2D eigenvalue weighted by Gasteiger charge is 2.39. The van der Waals surface area contributed by atoms with Crippen LogP contribution in [0.3, 0.4) is 0 Å². The predicted molar refractivity (Wildman–Crippen MR) is 142 cm³/mol. The summed E-state index contributed by atoms with van der Waals surface area (Å²) in [7, 11) is 1.61. The molecule has 2 aliphatic rings. The molecule has 13 heteroatoms. The van der Waals surface area contributed by atoms with Gasteiger partial charge in [-0.25, -0.2) is 0 Å². The molecule has 2 fully saturated rings. The van der Waals surface area contributed by atoms with Crippen LogP contribution in [0.1, 0.15) is 32.6 Å². The van der Waals surface area contributed by atoms with Crippen LogP contribution in [0.2, 0.25) is 0 Å². The number of aryl methyl sites for hydroxylation is 1. The minimum absolute atomic E-state index is 0.0180. The molecule has 1 amide bonds. The second kappa shape index (κ2) is 13.2. The number of phenolic OH excluding ortho intramolecular Hbond substituents is 1. The monoisotopic (exact) mass is 603 g/mol. The van der Waals surface area contributed by atoms with E-state index >= 15 is 0 Å². The number of hydrogen-bond acceptors (Lipinski definition) is 6. The fourth-order valence-corrected chi connectivity index (χ4v) is 5.42. The van der Waals surface area contributed by atoms with Crippen molar-refractivity contribution in [3.63, 3.8) is 0 Å². The van der Waals surface area contributed by atoms with Gasteiger partial charge in [0.15, 0.2) is 0 Å². The van der Waals surface area contributed by atoms with Crippen molar-refractivity contribution in [3.8, 4) is 5.75 Å². The first-order chi connectivity index (χ1) is 19.7. The summed E-state index contributed by atoms with van der Waals surface area (Å²) in [6, 6.07) is 5.49. The highest BCUT2D eigenvalue weighted by Crippen LogP contribution is 2.37. The van der Waals surface area contributed by atoms with Crippen molar-refractivity contribution in [1.82, 2.24) is 14.7 Å². The predicted octanol–water partition coefficient (Wildman–Crippen LogP) is 4.45. The normalized spacial score (nSPS) is 21.1. The van der Waals surface area contributed by atoms with Gasteiger partial charge in [-0.1, -0.05) is 12.1 Å². The fraction of sp³-hybridized carbons (Fsp3) is 0.552. The molecule has 0 aliphatic carbocycles. The Hall–Kier alpha value is -2.87. The summed E-state index contributed by atoms with van der Waals surface area (Å²) in [5, 5.41) is 10.2. The average molecular weight is 604 g/mol. The summed E-state index contributed by atoms with van der Waals surface area (Å²) in [4.78, 5) is 19.3. The minimum Gasteiger partial charge on any atom is -0.508 e. The van der Waals surface area contributed by atoms with Gasteiger partial charge in [-0.2, -0.15) is 26.3 Å². The highest BCUT2D eigenvalue weighted by atomic mass is 19.4. The zero-order valence-corrected chi connectivity index (χ0v) is 23.5. The van der Waals surface area contributed by atoms with Crippen molar-refractivity contribution in [3.05, 3.63) is 64.2 Å². The molecular formula is C29H35F6N3O4. The van der Waals surface area contributed by atoms with Gasteiger partial charge in [0.1, 0.15) is 5.75 Å². The maximum Gasteiger partial charge on any atom is 0.416 e. The molecule has 42 heavy (non-hydrogen) atoms. The number of ether oxygens (including phenoxy) is 2. The van der Waals surface area contributed by atoms with Crippen LogP contribution in [0.4, 0.5) is 26.3 Å². The molecule has 2 heterocycles. The molecule has 2 unspecified atom stereocenters. The molecular weight excluding hydrogens is 568 g/mol. The van der Waals surface area contributed by atoms with Crippen LogP contribution < -0.4 is 0 Å². The van der Waals surface area contributed by atoms with Gasteiger partial charge in [-0.3, -0.25) is 14.6 Å². The largest absolute Gasteiger partial charge is 0.508 e. The lowest BCUT2D eigenvalue weighted by atomic mass is 9.98. The van der Waals surface area contributed by atoms with E-state index in [1.165, 1.54) is 4.90 Å². The number of alkyl halides is 6. The number of halogens is 6. The Bertz CT molecular complexity index is 1200. The molecule has 2 atom stereocenters. The van der Waals surface area contributed by atoms with Gasteiger partial charge in [0.25, 0.3) is 5.91 Å². The van der Waals surface area contributed by atoms with E-state index in [-0.39, 0.29) is 30.9 Å². The minimum atomic E-state index is -5.06. The summed E-state index contributed by atoms with van der Waals surface area (Å²) in [6.45, 7) is 6.49. The van der Waals surface area contributed by atoms with E-state index in [1.807, 2.05) is 0 Å². The lowest BCUT2D eigenvalue weighted by Crippen LogP contribution is -2.57. The zero-order valence-electron chi connectivity index (χ0n) is 23.5. The summed E-state index contributed by atoms with van der Waals surface area (Å²) >= 11 is 0. The second-order valence-electron chi connectivity index (χ2n) is 10.8. The Kier molecular flexibility index (Phi) is 10.1. The highest BCUT2D eigenvalue weighted by molar-refractivity contribution is 5.95. The van der Waals surface area contributed by atoms with E-state index in [2.05, 4.69) is 9.80 Å². The van der Waals surface area contributed by atoms with Gasteiger partial charge >= 0.3 is 12.4 Å². The Balaban J connectivity index is 1.56. The van der Waals surface area contributed by atoms with E-state index in [0.29, 0.717) is 62.7 Å². The van der Waals surface area contributed by atoms with E-state index in [9.17, 15) is 36.2 Å². The van der Waals surface area contributed by atoms with Crippen molar-refractivity contribution in [2.45, 2.75) is 37.8 Å². The maximum absolute atomic E-state index is 13.6. The van der Waals surface area contributed by atoms with Crippen LogP contribution in [0.15, 0.2) is 36.4 Å². The third kappa shape index (κ3) is 8.15. The number of hydrogen-bond donors (Lipinski definition) is 1. The standard InChI is InChI=1S/C29H35F6N3O4/c1-19-3-4-20(12-26(19)39)11-24-16-36(5-6-37-9-10-42-25(17-37)18-41-2)7-8-38(24)27(40)21-13-22(28(30,31)32)15-23(14-21)29(33,34)35/h3-4,12-15,24-25,39H,5-11,16-18H2,1-2H3. The first-order valence-corrected chi connectivity index (χ1v) is 13.7. The molecule has 2 saturated heterocycles. The van der Waals surface area contributed by atoms with Crippen molar-refractivity contribution >= 4 is 5.91 Å². The maximum atomic E-state index is 13.6. The van der Waals surface area contributed by atoms with Gasteiger partial charge in [0.05, 0.1) is 30.4 Å². The Morgan fingerprint density at radius 2 is 1.60 bits per heavy atom. The summed E-state index contributed by atoms with van der Waals surface area (Å²) < 4.78 is 91.8. The molecule has 0 aromatic heterocycles. The quantitative estimate of drug-likeness (QED) is 0.450. The Morgan fingerprint density at radius 1 is 0.952 bits per heavy atom. The molecule has 0 spiro atoms. The van der Waals surface area contributed by atoms with E-state index in [4.69, 9.17) is 9.47 Å². The number of methoxy groups -OCH3 is 1. The molecule has 2 aromatic rings. The molecule has 2 aliphatic heterocycles. The summed E-state index contributed by atoms with van der Waals surface area (Å²) in [5.74, 6) is -0.841. The number of carbonyl (C=O) groups excluding carboxylic acids is 1. The van der Waals surface area contributed by atoms with Crippen LogP contribution in [-0.4, -0.2) is 104 Å². The third-order valence-electron chi connectivity index (χ3n) is 7.72. The van der Waals surface area contributed by atoms with Gasteiger partial charge in [-0.05, 0) is 48.7 Å². The van der Waals surface area contributed by atoms with E-state index in [0.717, 1.165) is 13.1 Å². The number of aromatic hydroxyl groups is 1. The topological polar surface area (TPSA) is 65.5 Å².